The van der Waals surface area contributed by atoms with Crippen LogP contribution in [0.3, 0.4) is 0 Å². The van der Waals surface area contributed by atoms with Crippen LogP contribution in [0.15, 0.2) is 0 Å². The summed E-state index contributed by atoms with van der Waals surface area (Å²) < 4.78 is 19.9. The molecule has 0 bridgehead atoms. The van der Waals surface area contributed by atoms with E-state index in [1.165, 1.54) is 0 Å². The lowest BCUT2D eigenvalue weighted by molar-refractivity contribution is 0.0507. The summed E-state index contributed by atoms with van der Waals surface area (Å²) in [5.74, 6) is 0. The van der Waals surface area contributed by atoms with Crippen LogP contribution >= 0.6 is 0 Å². The van der Waals surface area contributed by atoms with Crippen LogP contribution < -0.4 is 0 Å². The van der Waals surface area contributed by atoms with Gasteiger partial charge in [0.05, 0.1) is 26.4 Å². The zero-order valence-electron chi connectivity index (χ0n) is 12.6. The maximum Gasteiger partial charge on any atom is 0.508 e. The second-order valence-corrected chi connectivity index (χ2v) is 5.08. The summed E-state index contributed by atoms with van der Waals surface area (Å²) in [6, 6.07) is 0. The van der Waals surface area contributed by atoms with Gasteiger partial charge in [-0.2, -0.15) is 0 Å². The molecule has 122 valence electrons. The molecule has 0 radical (unpaired) electrons. The van der Waals surface area contributed by atoms with Crippen LogP contribution in [0.5, 0.6) is 0 Å². The molecule has 6 heteroatoms. The molecule has 1 aliphatic heterocycles. The van der Waals surface area contributed by atoms with Crippen LogP contribution in [0.4, 0.5) is 9.59 Å². The van der Waals surface area contributed by atoms with Crippen LogP contribution in [0.2, 0.25) is 0 Å². The van der Waals surface area contributed by atoms with E-state index in [1.54, 1.807) is 0 Å². The van der Waals surface area contributed by atoms with Crippen molar-refractivity contribution in [3.8, 4) is 0 Å². The molecule has 1 fully saturated rings. The van der Waals surface area contributed by atoms with Gasteiger partial charge >= 0.3 is 12.3 Å². The van der Waals surface area contributed by atoms with Gasteiger partial charge in [-0.05, 0) is 38.5 Å². The van der Waals surface area contributed by atoms with Gasteiger partial charge in [-0.15, -0.1) is 0 Å². The molecule has 0 aromatic carbocycles. The van der Waals surface area contributed by atoms with Crippen LogP contribution in [0, 0.1) is 0 Å². The number of hydrogen-bond acceptors (Lipinski definition) is 6. The normalized spacial score (nSPS) is 21.5. The summed E-state index contributed by atoms with van der Waals surface area (Å²) in [7, 11) is 0. The standard InChI is InChI=1S/C15H26O6/c16-14-18-10-6-2-1-3-7-11-19-15(17)21-13-9-5-4-8-12-20-14/h1-13H2. The highest BCUT2D eigenvalue weighted by molar-refractivity contribution is 5.60. The van der Waals surface area contributed by atoms with Crippen LogP contribution in [0.25, 0.3) is 0 Å². The molecule has 0 aromatic rings. The quantitative estimate of drug-likeness (QED) is 0.633. The third kappa shape index (κ3) is 10.9. The summed E-state index contributed by atoms with van der Waals surface area (Å²) in [6.07, 6.45) is 6.93. The molecule has 21 heavy (non-hydrogen) atoms. The van der Waals surface area contributed by atoms with Crippen LogP contribution in [-0.2, 0) is 18.9 Å². The summed E-state index contributed by atoms with van der Waals surface area (Å²) in [5.41, 5.74) is 0. The van der Waals surface area contributed by atoms with Gasteiger partial charge in [-0.3, -0.25) is 0 Å². The SMILES string of the molecule is O=C1OCCCCCCCOC(=O)OCCCCCCO1. The Labute approximate surface area is 126 Å². The Morgan fingerprint density at radius 1 is 0.429 bits per heavy atom. The highest BCUT2D eigenvalue weighted by atomic mass is 16.7. The Kier molecular flexibility index (Phi) is 10.3. The van der Waals surface area contributed by atoms with Gasteiger partial charge in [0.15, 0.2) is 0 Å². The fourth-order valence-electron chi connectivity index (χ4n) is 2.00. The monoisotopic (exact) mass is 302 g/mol. The van der Waals surface area contributed by atoms with E-state index in [0.717, 1.165) is 57.8 Å². The molecule has 0 aromatic heterocycles. The molecule has 0 atom stereocenters. The number of cyclic esters (lactones) is 4. The third-order valence-electron chi connectivity index (χ3n) is 3.21. The van der Waals surface area contributed by atoms with Crippen molar-refractivity contribution in [1.29, 1.82) is 0 Å². The predicted molar refractivity (Wildman–Crippen MR) is 76.2 cm³/mol. The maximum absolute atomic E-state index is 11.2. The molecule has 6 nitrogen and oxygen atoms in total. The first-order chi connectivity index (χ1) is 10.3. The van der Waals surface area contributed by atoms with E-state index < -0.39 is 12.3 Å². The van der Waals surface area contributed by atoms with Crippen molar-refractivity contribution in [3.05, 3.63) is 0 Å². The van der Waals surface area contributed by atoms with Crippen molar-refractivity contribution < 1.29 is 28.5 Å². The van der Waals surface area contributed by atoms with Gasteiger partial charge in [-0.1, -0.05) is 19.3 Å². The van der Waals surface area contributed by atoms with Crippen molar-refractivity contribution in [3.63, 3.8) is 0 Å². The minimum atomic E-state index is -0.574. The Bertz CT molecular complexity index is 264. The first kappa shape index (κ1) is 17.6. The molecule has 1 heterocycles. The number of carbonyl (C=O) groups is 2. The minimum absolute atomic E-state index is 0.377. The van der Waals surface area contributed by atoms with Gasteiger partial charge in [-0.25, -0.2) is 9.59 Å². The number of rotatable bonds is 0. The lowest BCUT2D eigenvalue weighted by Crippen LogP contribution is -2.09. The second kappa shape index (κ2) is 12.3. The lowest BCUT2D eigenvalue weighted by atomic mass is 10.1. The van der Waals surface area contributed by atoms with Crippen LogP contribution in [-0.4, -0.2) is 38.7 Å². The van der Waals surface area contributed by atoms with Gasteiger partial charge in [0, 0.05) is 0 Å². The number of hydrogen-bond donors (Lipinski definition) is 0. The summed E-state index contributed by atoms with van der Waals surface area (Å²) in [5, 5.41) is 0. The predicted octanol–water partition coefficient (Wildman–Crippen LogP) is 3.82. The first-order valence-electron chi connectivity index (χ1n) is 7.88. The van der Waals surface area contributed by atoms with Crippen molar-refractivity contribution in [2.24, 2.45) is 0 Å². The van der Waals surface area contributed by atoms with Crippen molar-refractivity contribution in [1.82, 2.24) is 0 Å². The van der Waals surface area contributed by atoms with Crippen LogP contribution in [0.1, 0.15) is 57.8 Å². The topological polar surface area (TPSA) is 71.1 Å². The molecule has 1 aliphatic rings. The lowest BCUT2D eigenvalue weighted by Gasteiger charge is -2.06. The third-order valence-corrected chi connectivity index (χ3v) is 3.21. The molecular weight excluding hydrogens is 276 g/mol. The smallest absolute Gasteiger partial charge is 0.434 e. The van der Waals surface area contributed by atoms with E-state index in [0.29, 0.717) is 26.4 Å². The Balaban J connectivity index is 2.19. The second-order valence-electron chi connectivity index (χ2n) is 5.08. The molecule has 1 rings (SSSR count). The van der Waals surface area contributed by atoms with E-state index in [4.69, 9.17) is 18.9 Å². The number of ether oxygens (including phenoxy) is 4. The minimum Gasteiger partial charge on any atom is -0.434 e. The average molecular weight is 302 g/mol. The summed E-state index contributed by atoms with van der Waals surface area (Å²) in [4.78, 5) is 22.5. The Hall–Kier alpha value is -1.46. The molecule has 0 unspecified atom stereocenters. The van der Waals surface area contributed by atoms with Gasteiger partial charge < -0.3 is 18.9 Å². The van der Waals surface area contributed by atoms with E-state index in [9.17, 15) is 9.59 Å². The average Bonchev–Trinajstić information content (AvgIpc) is 2.47. The van der Waals surface area contributed by atoms with E-state index >= 15 is 0 Å². The highest BCUT2D eigenvalue weighted by Crippen LogP contribution is 2.06. The fourth-order valence-corrected chi connectivity index (χ4v) is 2.00. The zero-order valence-corrected chi connectivity index (χ0v) is 12.6. The first-order valence-corrected chi connectivity index (χ1v) is 7.88. The molecule has 0 saturated carbocycles. The van der Waals surface area contributed by atoms with Gasteiger partial charge in [0.2, 0.25) is 0 Å². The van der Waals surface area contributed by atoms with Crippen molar-refractivity contribution >= 4 is 12.3 Å². The molecule has 0 amide bonds. The Morgan fingerprint density at radius 3 is 0.952 bits per heavy atom. The van der Waals surface area contributed by atoms with E-state index in [2.05, 4.69) is 0 Å². The summed E-state index contributed by atoms with van der Waals surface area (Å²) >= 11 is 0. The van der Waals surface area contributed by atoms with Crippen molar-refractivity contribution in [2.75, 3.05) is 26.4 Å². The van der Waals surface area contributed by atoms with Gasteiger partial charge in [0.1, 0.15) is 0 Å². The Morgan fingerprint density at radius 2 is 0.667 bits per heavy atom. The van der Waals surface area contributed by atoms with Gasteiger partial charge in [0.25, 0.3) is 0 Å². The number of carbonyl (C=O) groups excluding carboxylic acids is 2. The van der Waals surface area contributed by atoms with E-state index in [1.807, 2.05) is 0 Å². The zero-order chi connectivity index (χ0) is 15.2. The molecule has 0 spiro atoms. The summed E-state index contributed by atoms with van der Waals surface area (Å²) in [6.45, 7) is 1.56. The molecule has 0 aliphatic carbocycles. The molecule has 0 N–H and O–H groups in total. The highest BCUT2D eigenvalue weighted by Gasteiger charge is 2.05. The van der Waals surface area contributed by atoms with Crippen molar-refractivity contribution in [2.45, 2.75) is 57.8 Å². The fraction of sp³-hybridized carbons (Fsp3) is 0.867. The maximum atomic E-state index is 11.2. The molecule has 1 saturated heterocycles. The van der Waals surface area contributed by atoms with E-state index in [-0.39, 0.29) is 0 Å². The molecular formula is C15H26O6. The largest absolute Gasteiger partial charge is 0.508 e.